The number of rotatable bonds is 7. The summed E-state index contributed by atoms with van der Waals surface area (Å²) in [5.41, 5.74) is 2.50. The van der Waals surface area contributed by atoms with Crippen LogP contribution in [0.1, 0.15) is 13.3 Å². The highest BCUT2D eigenvalue weighted by molar-refractivity contribution is 5.95. The number of carbonyl (C=O) groups is 2. The topological polar surface area (TPSA) is 61.9 Å². The van der Waals surface area contributed by atoms with E-state index >= 15 is 0 Å². The highest BCUT2D eigenvalue weighted by atomic mass is 16.5. The molecule has 0 heterocycles. The van der Waals surface area contributed by atoms with Crippen molar-refractivity contribution in [2.45, 2.75) is 13.3 Å². The number of nitrogens with zero attached hydrogens (tertiary/aromatic N) is 2. The Morgan fingerprint density at radius 1 is 1.04 bits per heavy atom. The summed E-state index contributed by atoms with van der Waals surface area (Å²) in [6.45, 7) is 1.78. The van der Waals surface area contributed by atoms with Gasteiger partial charge in [-0.2, -0.15) is 0 Å². The summed E-state index contributed by atoms with van der Waals surface area (Å²) in [7, 11) is 5.50. The second-order valence-corrected chi connectivity index (χ2v) is 6.11. The predicted octanol–water partition coefficient (Wildman–Crippen LogP) is 3.14. The van der Waals surface area contributed by atoms with Crippen LogP contribution in [0.15, 0.2) is 48.5 Å². The highest BCUT2D eigenvalue weighted by Gasteiger charge is 2.14. The molecule has 1 N–H and O–H groups in total. The predicted molar refractivity (Wildman–Crippen MR) is 105 cm³/mol. The van der Waals surface area contributed by atoms with Crippen molar-refractivity contribution in [3.63, 3.8) is 0 Å². The van der Waals surface area contributed by atoms with E-state index in [9.17, 15) is 9.59 Å². The number of nitrogens with one attached hydrogen (secondary N) is 1. The zero-order valence-corrected chi connectivity index (χ0v) is 15.7. The van der Waals surface area contributed by atoms with Crippen molar-refractivity contribution in [3.8, 4) is 5.75 Å². The van der Waals surface area contributed by atoms with E-state index in [0.717, 1.165) is 11.4 Å². The summed E-state index contributed by atoms with van der Waals surface area (Å²) in [5.74, 6) is 0.400. The number of benzene rings is 2. The molecule has 0 unspecified atom stereocenters. The number of ether oxygens (including phenoxy) is 1. The van der Waals surface area contributed by atoms with Gasteiger partial charge >= 0.3 is 0 Å². The third kappa shape index (κ3) is 5.24. The van der Waals surface area contributed by atoms with Gasteiger partial charge in [-0.1, -0.05) is 6.07 Å². The Morgan fingerprint density at radius 3 is 2.31 bits per heavy atom. The van der Waals surface area contributed by atoms with Crippen LogP contribution in [0.3, 0.4) is 0 Å². The van der Waals surface area contributed by atoms with Crippen molar-refractivity contribution in [2.75, 3.05) is 42.9 Å². The molecule has 2 amide bonds. The Morgan fingerprint density at radius 2 is 1.73 bits per heavy atom. The summed E-state index contributed by atoms with van der Waals surface area (Å²) in [5, 5.41) is 2.86. The van der Waals surface area contributed by atoms with Crippen molar-refractivity contribution in [1.82, 2.24) is 0 Å². The normalized spacial score (nSPS) is 10.2. The van der Waals surface area contributed by atoms with Crippen LogP contribution >= 0.6 is 0 Å². The Hall–Kier alpha value is -3.02. The minimum atomic E-state index is -0.142. The van der Waals surface area contributed by atoms with E-state index in [1.807, 2.05) is 61.5 Å². The van der Waals surface area contributed by atoms with Gasteiger partial charge in [-0.05, 0) is 36.4 Å². The first-order valence-electron chi connectivity index (χ1n) is 8.40. The maximum Gasteiger partial charge on any atom is 0.226 e. The zero-order chi connectivity index (χ0) is 19.1. The van der Waals surface area contributed by atoms with Gasteiger partial charge in [0.05, 0.1) is 7.11 Å². The molecule has 2 aromatic rings. The maximum atomic E-state index is 12.2. The number of carbonyl (C=O) groups excluding carboxylic acids is 2. The second-order valence-electron chi connectivity index (χ2n) is 6.11. The van der Waals surface area contributed by atoms with Gasteiger partial charge in [0, 0.05) is 57.1 Å². The Balaban J connectivity index is 1.97. The molecule has 0 aliphatic carbocycles. The van der Waals surface area contributed by atoms with Crippen molar-refractivity contribution in [1.29, 1.82) is 0 Å². The van der Waals surface area contributed by atoms with E-state index in [1.54, 1.807) is 18.1 Å². The van der Waals surface area contributed by atoms with Gasteiger partial charge in [-0.3, -0.25) is 9.59 Å². The van der Waals surface area contributed by atoms with Gasteiger partial charge in [-0.25, -0.2) is 0 Å². The molecule has 0 bridgehead atoms. The summed E-state index contributed by atoms with van der Waals surface area (Å²) in [4.78, 5) is 27.8. The first-order valence-corrected chi connectivity index (χ1v) is 8.40. The molecule has 0 saturated heterocycles. The van der Waals surface area contributed by atoms with Gasteiger partial charge in [0.1, 0.15) is 5.75 Å². The average molecular weight is 355 g/mol. The fourth-order valence-electron chi connectivity index (χ4n) is 2.53. The Labute approximate surface area is 154 Å². The van der Waals surface area contributed by atoms with Crippen LogP contribution in [-0.4, -0.2) is 39.6 Å². The number of hydrogen-bond acceptors (Lipinski definition) is 4. The van der Waals surface area contributed by atoms with Crippen LogP contribution in [0.25, 0.3) is 0 Å². The molecule has 0 aliphatic heterocycles. The van der Waals surface area contributed by atoms with Crippen LogP contribution in [-0.2, 0) is 9.59 Å². The number of amides is 2. The maximum absolute atomic E-state index is 12.2. The molecule has 138 valence electrons. The summed E-state index contributed by atoms with van der Waals surface area (Å²) >= 11 is 0. The molecule has 0 aliphatic rings. The molecule has 6 heteroatoms. The van der Waals surface area contributed by atoms with Crippen LogP contribution in [0.4, 0.5) is 17.1 Å². The van der Waals surface area contributed by atoms with Crippen molar-refractivity contribution in [3.05, 3.63) is 48.5 Å². The molecule has 0 spiro atoms. The molecule has 0 fully saturated rings. The van der Waals surface area contributed by atoms with E-state index in [2.05, 4.69) is 5.32 Å². The molecule has 0 radical (unpaired) electrons. The van der Waals surface area contributed by atoms with E-state index in [-0.39, 0.29) is 18.2 Å². The highest BCUT2D eigenvalue weighted by Crippen LogP contribution is 2.21. The summed E-state index contributed by atoms with van der Waals surface area (Å²) in [6.07, 6.45) is 0.201. The van der Waals surface area contributed by atoms with Crippen LogP contribution in [0, 0.1) is 0 Å². The van der Waals surface area contributed by atoms with Crippen molar-refractivity contribution in [2.24, 2.45) is 0 Å². The van der Waals surface area contributed by atoms with Crippen LogP contribution in [0.5, 0.6) is 5.75 Å². The zero-order valence-electron chi connectivity index (χ0n) is 15.7. The standard InChI is InChI=1S/C20H25N3O3/c1-15(24)23(18-6-5-7-19(14-18)26-4)13-12-20(25)21-16-8-10-17(11-9-16)22(2)3/h5-11,14H,12-13H2,1-4H3,(H,21,25). The number of anilines is 3. The van der Waals surface area contributed by atoms with Crippen molar-refractivity contribution >= 4 is 28.9 Å². The Bertz CT molecular complexity index is 757. The first kappa shape index (κ1) is 19.3. The lowest BCUT2D eigenvalue weighted by Crippen LogP contribution is -2.31. The van der Waals surface area contributed by atoms with Gasteiger partial charge in [-0.15, -0.1) is 0 Å². The minimum absolute atomic E-state index is 0.124. The largest absolute Gasteiger partial charge is 0.497 e. The summed E-state index contributed by atoms with van der Waals surface area (Å²) < 4.78 is 5.20. The van der Waals surface area contributed by atoms with Crippen LogP contribution in [0.2, 0.25) is 0 Å². The molecular formula is C20H25N3O3. The average Bonchev–Trinajstić information content (AvgIpc) is 2.62. The Kier molecular flexibility index (Phi) is 6.60. The van der Waals surface area contributed by atoms with Gasteiger partial charge in [0.15, 0.2) is 0 Å². The summed E-state index contributed by atoms with van der Waals surface area (Å²) in [6, 6.07) is 14.8. The number of methoxy groups -OCH3 is 1. The van der Waals surface area contributed by atoms with E-state index in [4.69, 9.17) is 4.74 Å². The third-order valence-corrected chi connectivity index (χ3v) is 3.98. The number of hydrogen-bond donors (Lipinski definition) is 1. The van der Waals surface area contributed by atoms with Gasteiger partial charge in [0.25, 0.3) is 0 Å². The molecule has 26 heavy (non-hydrogen) atoms. The quantitative estimate of drug-likeness (QED) is 0.829. The molecule has 6 nitrogen and oxygen atoms in total. The fourth-order valence-corrected chi connectivity index (χ4v) is 2.53. The molecule has 2 rings (SSSR count). The lowest BCUT2D eigenvalue weighted by molar-refractivity contribution is -0.117. The molecule has 0 atom stereocenters. The fraction of sp³-hybridized carbons (Fsp3) is 0.300. The van der Waals surface area contributed by atoms with Gasteiger partial charge in [0.2, 0.25) is 11.8 Å². The van der Waals surface area contributed by atoms with Gasteiger partial charge < -0.3 is 19.9 Å². The molecule has 2 aromatic carbocycles. The van der Waals surface area contributed by atoms with E-state index in [0.29, 0.717) is 18.0 Å². The first-order chi connectivity index (χ1) is 12.4. The second kappa shape index (κ2) is 8.89. The van der Waals surface area contributed by atoms with Crippen molar-refractivity contribution < 1.29 is 14.3 Å². The lowest BCUT2D eigenvalue weighted by Gasteiger charge is -2.21. The monoisotopic (exact) mass is 355 g/mol. The molecular weight excluding hydrogens is 330 g/mol. The molecule has 0 saturated carbocycles. The van der Waals surface area contributed by atoms with E-state index < -0.39 is 0 Å². The lowest BCUT2D eigenvalue weighted by atomic mass is 10.2. The van der Waals surface area contributed by atoms with Crippen LogP contribution < -0.4 is 19.9 Å². The third-order valence-electron chi connectivity index (χ3n) is 3.98. The smallest absolute Gasteiger partial charge is 0.226 e. The van der Waals surface area contributed by atoms with E-state index in [1.165, 1.54) is 6.92 Å². The minimum Gasteiger partial charge on any atom is -0.497 e. The SMILES string of the molecule is COc1cccc(N(CCC(=O)Nc2ccc(N(C)C)cc2)C(C)=O)c1. The molecule has 0 aromatic heterocycles.